The monoisotopic (exact) mass is 369 g/mol. The highest BCUT2D eigenvalue weighted by atomic mass is 79.9. The van der Waals surface area contributed by atoms with Crippen molar-refractivity contribution in [1.29, 1.82) is 5.26 Å². The van der Waals surface area contributed by atoms with Crippen molar-refractivity contribution in [3.8, 4) is 17.6 Å². The number of allylic oxidation sites excluding steroid dienone is 1. The van der Waals surface area contributed by atoms with Crippen LogP contribution in [0.25, 0.3) is 6.08 Å². The molecule has 4 nitrogen and oxygen atoms in total. The molecule has 2 aromatic carbocycles. The molecule has 3 rings (SSSR count). The van der Waals surface area contributed by atoms with Gasteiger partial charge in [-0.05, 0) is 42.3 Å². The van der Waals surface area contributed by atoms with Crippen LogP contribution in [0.3, 0.4) is 0 Å². The molecule has 1 aliphatic heterocycles. The van der Waals surface area contributed by atoms with Crippen molar-refractivity contribution < 1.29 is 14.3 Å². The zero-order valence-corrected chi connectivity index (χ0v) is 13.9. The van der Waals surface area contributed by atoms with Crippen molar-refractivity contribution in [2.45, 2.75) is 6.92 Å². The molecule has 2 aromatic rings. The number of nitriles is 1. The van der Waals surface area contributed by atoms with Crippen LogP contribution in [0.4, 0.5) is 0 Å². The van der Waals surface area contributed by atoms with E-state index in [4.69, 9.17) is 14.7 Å². The first-order valence-corrected chi connectivity index (χ1v) is 7.72. The van der Waals surface area contributed by atoms with E-state index in [1.807, 2.05) is 37.3 Å². The summed E-state index contributed by atoms with van der Waals surface area (Å²) in [6, 6.07) is 12.9. The molecular formula is C18H12BrNO3. The number of hydrogen-bond acceptors (Lipinski definition) is 4. The Hall–Kier alpha value is -2.58. The molecule has 0 unspecified atom stereocenters. The lowest BCUT2D eigenvalue weighted by atomic mass is 10.0. The molecule has 0 amide bonds. The van der Waals surface area contributed by atoms with Gasteiger partial charge < -0.3 is 9.47 Å². The van der Waals surface area contributed by atoms with Gasteiger partial charge in [0.2, 0.25) is 5.78 Å². The number of carbonyl (C=O) groups is 1. The molecule has 0 spiro atoms. The quantitative estimate of drug-likeness (QED) is 0.757. The average molecular weight is 370 g/mol. The SMILES string of the molecule is Cc1cc(OCC#N)cc2c1C(=O)/C(=C/c1ccc(Br)cc1)O2. The lowest BCUT2D eigenvalue weighted by Gasteiger charge is -2.06. The highest BCUT2D eigenvalue weighted by Gasteiger charge is 2.29. The number of aryl methyl sites for hydroxylation is 1. The molecular weight excluding hydrogens is 358 g/mol. The van der Waals surface area contributed by atoms with Crippen LogP contribution < -0.4 is 9.47 Å². The summed E-state index contributed by atoms with van der Waals surface area (Å²) in [6.07, 6.45) is 1.71. The average Bonchev–Trinajstić information content (AvgIpc) is 2.84. The maximum Gasteiger partial charge on any atom is 0.232 e. The predicted molar refractivity (Wildman–Crippen MR) is 89.4 cm³/mol. The minimum absolute atomic E-state index is 0.0479. The van der Waals surface area contributed by atoms with E-state index in [0.29, 0.717) is 17.1 Å². The standard InChI is InChI=1S/C18H12BrNO3/c1-11-8-14(22-7-6-20)10-15-17(11)18(21)16(23-15)9-12-2-4-13(19)5-3-12/h2-5,8-10H,7H2,1H3/b16-9-. The molecule has 23 heavy (non-hydrogen) atoms. The molecule has 0 N–H and O–H groups in total. The number of halogens is 1. The fraction of sp³-hybridized carbons (Fsp3) is 0.111. The van der Waals surface area contributed by atoms with Crippen molar-refractivity contribution in [3.63, 3.8) is 0 Å². The Morgan fingerprint density at radius 3 is 2.74 bits per heavy atom. The number of ether oxygens (including phenoxy) is 2. The first kappa shape index (κ1) is 15.3. The molecule has 0 fully saturated rings. The van der Waals surface area contributed by atoms with E-state index in [-0.39, 0.29) is 18.1 Å². The summed E-state index contributed by atoms with van der Waals surface area (Å²) in [4.78, 5) is 12.5. The Labute approximate surface area is 142 Å². The highest BCUT2D eigenvalue weighted by Crippen LogP contribution is 2.37. The molecule has 0 aliphatic carbocycles. The molecule has 0 saturated heterocycles. The van der Waals surface area contributed by atoms with Gasteiger partial charge in [-0.3, -0.25) is 4.79 Å². The lowest BCUT2D eigenvalue weighted by Crippen LogP contribution is -2.00. The van der Waals surface area contributed by atoms with E-state index in [2.05, 4.69) is 15.9 Å². The molecule has 0 aromatic heterocycles. The fourth-order valence-electron chi connectivity index (χ4n) is 2.39. The van der Waals surface area contributed by atoms with Gasteiger partial charge >= 0.3 is 0 Å². The maximum absolute atomic E-state index is 12.5. The summed E-state index contributed by atoms with van der Waals surface area (Å²) >= 11 is 3.38. The van der Waals surface area contributed by atoms with Crippen LogP contribution in [0.2, 0.25) is 0 Å². The van der Waals surface area contributed by atoms with E-state index in [1.54, 1.807) is 18.2 Å². The van der Waals surface area contributed by atoms with Gasteiger partial charge in [0.05, 0.1) is 5.56 Å². The number of ketones is 1. The Balaban J connectivity index is 1.93. The predicted octanol–water partition coefficient (Wildman–Crippen LogP) is 4.28. The molecule has 5 heteroatoms. The van der Waals surface area contributed by atoms with Crippen LogP contribution in [0.15, 0.2) is 46.6 Å². The zero-order valence-electron chi connectivity index (χ0n) is 12.3. The fourth-order valence-corrected chi connectivity index (χ4v) is 2.65. The minimum Gasteiger partial charge on any atom is -0.479 e. The largest absolute Gasteiger partial charge is 0.479 e. The third-order valence-electron chi connectivity index (χ3n) is 3.41. The van der Waals surface area contributed by atoms with Gasteiger partial charge in [0, 0.05) is 10.5 Å². The Bertz CT molecular complexity index is 848. The minimum atomic E-state index is -0.146. The van der Waals surface area contributed by atoms with Crippen LogP contribution in [0.5, 0.6) is 11.5 Å². The maximum atomic E-state index is 12.5. The first-order valence-electron chi connectivity index (χ1n) is 6.92. The Morgan fingerprint density at radius 1 is 1.30 bits per heavy atom. The van der Waals surface area contributed by atoms with Crippen molar-refractivity contribution in [3.05, 3.63) is 63.3 Å². The number of fused-ring (bicyclic) bond motifs is 1. The van der Waals surface area contributed by atoms with Gasteiger partial charge in [0.15, 0.2) is 12.4 Å². The number of carbonyl (C=O) groups excluding carboxylic acids is 1. The Morgan fingerprint density at radius 2 is 2.04 bits per heavy atom. The normalized spacial score (nSPS) is 14.3. The van der Waals surface area contributed by atoms with E-state index in [9.17, 15) is 4.79 Å². The number of Topliss-reactive ketones (excluding diaryl/α,β-unsaturated/α-hetero) is 1. The second-order valence-electron chi connectivity index (χ2n) is 5.05. The summed E-state index contributed by atoms with van der Waals surface area (Å²) in [5.74, 6) is 1.11. The van der Waals surface area contributed by atoms with Gasteiger partial charge in [0.25, 0.3) is 0 Å². The van der Waals surface area contributed by atoms with Crippen molar-refractivity contribution in [2.75, 3.05) is 6.61 Å². The molecule has 1 aliphatic rings. The number of hydrogen-bond donors (Lipinski definition) is 0. The van der Waals surface area contributed by atoms with E-state index in [0.717, 1.165) is 15.6 Å². The summed E-state index contributed by atoms with van der Waals surface area (Å²) in [6.45, 7) is 1.77. The summed E-state index contributed by atoms with van der Waals surface area (Å²) in [5, 5.41) is 8.59. The summed E-state index contributed by atoms with van der Waals surface area (Å²) in [5.41, 5.74) is 2.18. The van der Waals surface area contributed by atoms with Crippen LogP contribution in [0.1, 0.15) is 21.5 Å². The zero-order chi connectivity index (χ0) is 16.4. The highest BCUT2D eigenvalue weighted by molar-refractivity contribution is 9.10. The van der Waals surface area contributed by atoms with Crippen LogP contribution in [-0.4, -0.2) is 12.4 Å². The van der Waals surface area contributed by atoms with Crippen LogP contribution >= 0.6 is 15.9 Å². The van der Waals surface area contributed by atoms with Crippen molar-refractivity contribution in [2.24, 2.45) is 0 Å². The Kier molecular flexibility index (Phi) is 4.18. The van der Waals surface area contributed by atoms with Gasteiger partial charge in [-0.25, -0.2) is 0 Å². The topological polar surface area (TPSA) is 59.3 Å². The summed E-state index contributed by atoms with van der Waals surface area (Å²) < 4.78 is 11.9. The molecule has 114 valence electrons. The van der Waals surface area contributed by atoms with Crippen LogP contribution in [-0.2, 0) is 0 Å². The molecule has 0 atom stereocenters. The van der Waals surface area contributed by atoms with E-state index in [1.165, 1.54) is 0 Å². The summed E-state index contributed by atoms with van der Waals surface area (Å²) in [7, 11) is 0. The number of benzene rings is 2. The first-order chi connectivity index (χ1) is 11.1. The second kappa shape index (κ2) is 6.27. The van der Waals surface area contributed by atoms with Crippen molar-refractivity contribution in [1.82, 2.24) is 0 Å². The van der Waals surface area contributed by atoms with E-state index >= 15 is 0 Å². The van der Waals surface area contributed by atoms with Crippen LogP contribution in [0, 0.1) is 18.3 Å². The molecule has 0 bridgehead atoms. The third-order valence-corrected chi connectivity index (χ3v) is 3.94. The van der Waals surface area contributed by atoms with E-state index < -0.39 is 0 Å². The number of nitrogens with zero attached hydrogens (tertiary/aromatic N) is 1. The van der Waals surface area contributed by atoms with Crippen molar-refractivity contribution >= 4 is 27.8 Å². The molecule has 0 radical (unpaired) electrons. The van der Waals surface area contributed by atoms with Gasteiger partial charge in [0.1, 0.15) is 17.6 Å². The molecule has 0 saturated carbocycles. The smallest absolute Gasteiger partial charge is 0.232 e. The molecule has 1 heterocycles. The lowest BCUT2D eigenvalue weighted by molar-refractivity contribution is 0.101. The van der Waals surface area contributed by atoms with Gasteiger partial charge in [-0.1, -0.05) is 28.1 Å². The van der Waals surface area contributed by atoms with Gasteiger partial charge in [-0.15, -0.1) is 0 Å². The van der Waals surface area contributed by atoms with Gasteiger partial charge in [-0.2, -0.15) is 5.26 Å². The second-order valence-corrected chi connectivity index (χ2v) is 5.97. The number of rotatable bonds is 3. The third kappa shape index (κ3) is 3.13.